The van der Waals surface area contributed by atoms with Gasteiger partial charge in [0, 0.05) is 21.5 Å². The predicted molar refractivity (Wildman–Crippen MR) is 109 cm³/mol. The van der Waals surface area contributed by atoms with Gasteiger partial charge in [0.15, 0.2) is 0 Å². The first kappa shape index (κ1) is 19.0. The molecule has 1 aliphatic rings. The maximum absolute atomic E-state index is 10.6. The Balaban J connectivity index is 1.45. The van der Waals surface area contributed by atoms with Crippen LogP contribution in [0.3, 0.4) is 0 Å². The smallest absolute Gasteiger partial charge is 0.135 e. The highest BCUT2D eigenvalue weighted by Gasteiger charge is 2.23. The van der Waals surface area contributed by atoms with Crippen LogP contribution in [0.1, 0.15) is 13.8 Å². The molecule has 3 atom stereocenters. The number of ether oxygens (including phenoxy) is 4. The number of rotatable bonds is 9. The Labute approximate surface area is 164 Å². The molecule has 0 saturated carbocycles. The number of aromatic hydroxyl groups is 1. The van der Waals surface area contributed by atoms with Crippen LogP contribution < -0.4 is 4.74 Å². The molecule has 3 unspecified atom stereocenters. The maximum Gasteiger partial charge on any atom is 0.135 e. The van der Waals surface area contributed by atoms with Crippen LogP contribution in [0.25, 0.3) is 21.5 Å². The van der Waals surface area contributed by atoms with Crippen LogP contribution in [0.2, 0.25) is 0 Å². The van der Waals surface area contributed by atoms with E-state index in [2.05, 4.69) is 0 Å². The number of phenolic OH excluding ortho intramolecular Hbond substituents is 1. The van der Waals surface area contributed by atoms with Crippen molar-refractivity contribution in [1.82, 2.24) is 0 Å². The number of epoxide rings is 1. The van der Waals surface area contributed by atoms with Crippen molar-refractivity contribution in [2.24, 2.45) is 0 Å². The molecule has 1 fully saturated rings. The predicted octanol–water partition coefficient (Wildman–Crippen LogP) is 4.29. The van der Waals surface area contributed by atoms with Crippen molar-refractivity contribution in [3.63, 3.8) is 0 Å². The van der Waals surface area contributed by atoms with E-state index in [1.807, 2.05) is 62.4 Å². The summed E-state index contributed by atoms with van der Waals surface area (Å²) in [5.41, 5.74) is 0. The van der Waals surface area contributed by atoms with Crippen molar-refractivity contribution < 1.29 is 24.1 Å². The molecule has 3 aromatic carbocycles. The number of fused-ring (bicyclic) bond motifs is 2. The maximum atomic E-state index is 10.6. The molecule has 1 saturated heterocycles. The first-order valence-electron chi connectivity index (χ1n) is 9.73. The zero-order valence-corrected chi connectivity index (χ0v) is 16.3. The summed E-state index contributed by atoms with van der Waals surface area (Å²) in [6.45, 7) is 6.33. The number of hydrogen-bond donors (Lipinski definition) is 1. The molecule has 0 spiro atoms. The van der Waals surface area contributed by atoms with E-state index in [1.54, 1.807) is 0 Å². The monoisotopic (exact) mass is 382 g/mol. The summed E-state index contributed by atoms with van der Waals surface area (Å²) in [7, 11) is 0. The fraction of sp³-hybridized carbons (Fsp3) is 0.391. The number of phenols is 1. The Morgan fingerprint density at radius 3 is 2.00 bits per heavy atom. The van der Waals surface area contributed by atoms with E-state index in [0.29, 0.717) is 19.8 Å². The summed E-state index contributed by atoms with van der Waals surface area (Å²) < 4.78 is 22.9. The van der Waals surface area contributed by atoms with Gasteiger partial charge in [-0.3, -0.25) is 0 Å². The second-order valence-corrected chi connectivity index (χ2v) is 7.32. The second-order valence-electron chi connectivity index (χ2n) is 7.32. The van der Waals surface area contributed by atoms with Crippen LogP contribution in [-0.2, 0) is 14.2 Å². The summed E-state index contributed by atoms with van der Waals surface area (Å²) >= 11 is 0. The first-order valence-corrected chi connectivity index (χ1v) is 9.73. The van der Waals surface area contributed by atoms with E-state index in [-0.39, 0.29) is 24.1 Å². The fourth-order valence-electron chi connectivity index (χ4n) is 3.25. The van der Waals surface area contributed by atoms with E-state index in [0.717, 1.165) is 33.9 Å². The molecule has 0 radical (unpaired) electrons. The Morgan fingerprint density at radius 1 is 0.893 bits per heavy atom. The van der Waals surface area contributed by atoms with Gasteiger partial charge < -0.3 is 24.1 Å². The van der Waals surface area contributed by atoms with Crippen LogP contribution in [0, 0.1) is 0 Å². The minimum Gasteiger partial charge on any atom is -0.507 e. The second kappa shape index (κ2) is 8.35. The molecule has 148 valence electrons. The van der Waals surface area contributed by atoms with Crippen LogP contribution in [0.5, 0.6) is 11.5 Å². The van der Waals surface area contributed by atoms with Gasteiger partial charge in [-0.1, -0.05) is 48.5 Å². The van der Waals surface area contributed by atoms with E-state index in [1.165, 1.54) is 0 Å². The highest BCUT2D eigenvalue weighted by atomic mass is 16.6. The third kappa shape index (κ3) is 4.22. The van der Waals surface area contributed by atoms with Crippen molar-refractivity contribution in [3.05, 3.63) is 48.5 Å². The van der Waals surface area contributed by atoms with Gasteiger partial charge in [0.2, 0.25) is 0 Å². The standard InChI is InChI=1S/C23H26O5/c1-15(26-13-17-14-27-17)11-25-16(2)12-28-23-20-9-5-3-7-18(20)22(24)19-8-4-6-10-21(19)23/h3-10,15-17,24H,11-14H2,1-2H3. The lowest BCUT2D eigenvalue weighted by molar-refractivity contribution is -0.0449. The molecule has 4 rings (SSSR count). The van der Waals surface area contributed by atoms with E-state index in [4.69, 9.17) is 18.9 Å². The molecule has 1 aliphatic heterocycles. The van der Waals surface area contributed by atoms with Gasteiger partial charge in [-0.05, 0) is 13.8 Å². The van der Waals surface area contributed by atoms with Crippen LogP contribution in [0.15, 0.2) is 48.5 Å². The van der Waals surface area contributed by atoms with Crippen LogP contribution in [-0.4, -0.2) is 49.8 Å². The Hall–Kier alpha value is -2.34. The van der Waals surface area contributed by atoms with Crippen LogP contribution >= 0.6 is 0 Å². The van der Waals surface area contributed by atoms with E-state index in [9.17, 15) is 5.11 Å². The van der Waals surface area contributed by atoms with Crippen molar-refractivity contribution >= 4 is 21.5 Å². The summed E-state index contributed by atoms with van der Waals surface area (Å²) in [5.74, 6) is 1.06. The third-order valence-electron chi connectivity index (χ3n) is 4.90. The normalized spacial score (nSPS) is 18.3. The molecule has 0 aromatic heterocycles. The van der Waals surface area contributed by atoms with Gasteiger partial charge in [-0.2, -0.15) is 0 Å². The summed E-state index contributed by atoms with van der Waals surface area (Å²) in [5, 5.41) is 14.0. The molecular weight excluding hydrogens is 356 g/mol. The average molecular weight is 382 g/mol. The topological polar surface area (TPSA) is 60.5 Å². The molecule has 5 nitrogen and oxygen atoms in total. The third-order valence-corrected chi connectivity index (χ3v) is 4.90. The lowest BCUT2D eigenvalue weighted by atomic mass is 10.0. The quantitative estimate of drug-likeness (QED) is 0.442. The molecule has 28 heavy (non-hydrogen) atoms. The van der Waals surface area contributed by atoms with Crippen molar-refractivity contribution in [1.29, 1.82) is 0 Å². The zero-order valence-electron chi connectivity index (χ0n) is 16.3. The minimum absolute atomic E-state index is 0.0157. The Kier molecular flexibility index (Phi) is 5.67. The van der Waals surface area contributed by atoms with Crippen molar-refractivity contribution in [2.75, 3.05) is 26.4 Å². The van der Waals surface area contributed by atoms with Gasteiger partial charge >= 0.3 is 0 Å². The van der Waals surface area contributed by atoms with Crippen molar-refractivity contribution in [3.8, 4) is 11.5 Å². The number of benzene rings is 3. The SMILES string of the molecule is CC(COc1c2ccccc2c(O)c2ccccc12)OCC(C)OCC1CO1. The molecule has 1 heterocycles. The molecule has 3 aromatic rings. The zero-order chi connectivity index (χ0) is 19.5. The lowest BCUT2D eigenvalue weighted by Gasteiger charge is -2.20. The molecule has 1 N–H and O–H groups in total. The van der Waals surface area contributed by atoms with E-state index >= 15 is 0 Å². The van der Waals surface area contributed by atoms with Crippen molar-refractivity contribution in [2.45, 2.75) is 32.2 Å². The molecule has 0 amide bonds. The van der Waals surface area contributed by atoms with Gasteiger partial charge in [-0.25, -0.2) is 0 Å². The lowest BCUT2D eigenvalue weighted by Crippen LogP contribution is -2.25. The van der Waals surface area contributed by atoms with Gasteiger partial charge in [0.25, 0.3) is 0 Å². The molecule has 0 aliphatic carbocycles. The molecule has 0 bridgehead atoms. The Morgan fingerprint density at radius 2 is 1.43 bits per heavy atom. The Bertz CT molecular complexity index is 893. The highest BCUT2D eigenvalue weighted by Crippen LogP contribution is 2.41. The van der Waals surface area contributed by atoms with Gasteiger partial charge in [0.05, 0.1) is 32.0 Å². The van der Waals surface area contributed by atoms with Gasteiger partial charge in [-0.15, -0.1) is 0 Å². The fourth-order valence-corrected chi connectivity index (χ4v) is 3.25. The largest absolute Gasteiger partial charge is 0.507 e. The summed E-state index contributed by atoms with van der Waals surface area (Å²) in [6.07, 6.45) is 0.191. The van der Waals surface area contributed by atoms with E-state index < -0.39 is 0 Å². The first-order chi connectivity index (χ1) is 13.6. The van der Waals surface area contributed by atoms with Crippen LogP contribution in [0.4, 0.5) is 0 Å². The molecular formula is C23H26O5. The number of hydrogen-bond acceptors (Lipinski definition) is 5. The van der Waals surface area contributed by atoms with Gasteiger partial charge in [0.1, 0.15) is 24.2 Å². The minimum atomic E-state index is -0.0884. The average Bonchev–Trinajstić information content (AvgIpc) is 3.55. The molecule has 5 heteroatoms. The summed E-state index contributed by atoms with van der Waals surface area (Å²) in [4.78, 5) is 0. The summed E-state index contributed by atoms with van der Waals surface area (Å²) in [6, 6.07) is 15.5. The highest BCUT2D eigenvalue weighted by molar-refractivity contribution is 6.10.